The molecule has 2 fully saturated rings. The Bertz CT molecular complexity index is 1060. The number of halogens is 1. The zero-order valence-electron chi connectivity index (χ0n) is 16.8. The predicted octanol–water partition coefficient (Wildman–Crippen LogP) is 2.38. The molecule has 1 aromatic carbocycles. The Balaban J connectivity index is 0.00000231. The van der Waals surface area contributed by atoms with Crippen LogP contribution in [-0.2, 0) is 6.42 Å². The molecule has 3 aliphatic rings. The number of carboxylic acid groups (broad SMARTS) is 1. The van der Waals surface area contributed by atoms with Gasteiger partial charge in [0.1, 0.15) is 0 Å². The number of rotatable bonds is 2. The molecule has 166 valence electrons. The van der Waals surface area contributed by atoms with Crippen LogP contribution in [0, 0.1) is 5.92 Å². The number of anilines is 2. The number of aromatic nitrogens is 1. The second kappa shape index (κ2) is 8.32. The van der Waals surface area contributed by atoms with Gasteiger partial charge in [-0.3, -0.25) is 4.79 Å². The predicted molar refractivity (Wildman–Crippen MR) is 119 cm³/mol. The molecule has 0 spiro atoms. The molecular formula is C21H25ClN4O5. The summed E-state index contributed by atoms with van der Waals surface area (Å²) in [5.74, 6) is -0.342. The summed E-state index contributed by atoms with van der Waals surface area (Å²) in [7, 11) is 0. The third-order valence-electron chi connectivity index (χ3n) is 6.36. The van der Waals surface area contributed by atoms with E-state index in [9.17, 15) is 14.7 Å². The fraction of sp³-hybridized carbons (Fsp3) is 0.429. The fourth-order valence-electron chi connectivity index (χ4n) is 4.94. The molecule has 0 amide bonds. The number of pyridine rings is 1. The normalized spacial score (nSPS) is 21.6. The van der Waals surface area contributed by atoms with Crippen molar-refractivity contribution in [2.45, 2.75) is 25.3 Å². The molecule has 5 rings (SSSR count). The fourth-order valence-corrected chi connectivity index (χ4v) is 4.94. The number of hydrogen-bond donors (Lipinski definition) is 5. The van der Waals surface area contributed by atoms with Crippen LogP contribution in [-0.4, -0.2) is 53.6 Å². The van der Waals surface area contributed by atoms with E-state index in [0.29, 0.717) is 36.2 Å². The minimum atomic E-state index is -1.65. The van der Waals surface area contributed by atoms with Crippen molar-refractivity contribution in [2.75, 3.05) is 36.4 Å². The van der Waals surface area contributed by atoms with E-state index in [1.165, 1.54) is 12.8 Å². The first-order valence-corrected chi connectivity index (χ1v) is 10.3. The van der Waals surface area contributed by atoms with Gasteiger partial charge in [-0.1, -0.05) is 0 Å². The van der Waals surface area contributed by atoms with Crippen molar-refractivity contribution in [3.63, 3.8) is 0 Å². The molecule has 9 nitrogen and oxygen atoms in total. The van der Waals surface area contributed by atoms with E-state index in [0.717, 1.165) is 36.6 Å². The van der Waals surface area contributed by atoms with Crippen LogP contribution in [0.5, 0.6) is 11.5 Å². The molecule has 0 aliphatic carbocycles. The molecule has 0 radical (unpaired) electrons. The molecule has 2 aromatic rings. The molecule has 31 heavy (non-hydrogen) atoms. The maximum absolute atomic E-state index is 12.4. The lowest BCUT2D eigenvalue weighted by Gasteiger charge is -2.24. The zero-order valence-corrected chi connectivity index (χ0v) is 17.6. The van der Waals surface area contributed by atoms with Crippen LogP contribution in [0.3, 0.4) is 0 Å². The molecule has 1 aromatic heterocycles. The Labute approximate surface area is 184 Å². The van der Waals surface area contributed by atoms with E-state index in [2.05, 4.69) is 31.3 Å². The van der Waals surface area contributed by atoms with E-state index >= 15 is 0 Å². The van der Waals surface area contributed by atoms with Gasteiger partial charge < -0.3 is 35.5 Å². The summed E-state index contributed by atoms with van der Waals surface area (Å²) in [6, 6.07) is 6.58. The Morgan fingerprint density at radius 2 is 2.06 bits per heavy atom. The van der Waals surface area contributed by atoms with Gasteiger partial charge in [0.25, 0.3) is 5.56 Å². The number of fused-ring (bicyclic) bond motifs is 4. The molecule has 3 aliphatic heterocycles. The van der Waals surface area contributed by atoms with Crippen LogP contribution in [0.1, 0.15) is 18.4 Å². The van der Waals surface area contributed by atoms with Gasteiger partial charge in [0.05, 0.1) is 5.69 Å². The number of ether oxygens (including phenoxy) is 1. The van der Waals surface area contributed by atoms with Gasteiger partial charge in [0.2, 0.25) is 5.75 Å². The van der Waals surface area contributed by atoms with E-state index in [1.54, 1.807) is 0 Å². The monoisotopic (exact) mass is 448 g/mol. The van der Waals surface area contributed by atoms with Gasteiger partial charge in [-0.2, -0.15) is 0 Å². The lowest BCUT2D eigenvalue weighted by Crippen LogP contribution is -2.40. The highest BCUT2D eigenvalue weighted by Crippen LogP contribution is 2.40. The molecule has 2 atom stereocenters. The molecular weight excluding hydrogens is 424 g/mol. The summed E-state index contributed by atoms with van der Waals surface area (Å²) in [5.41, 5.74) is 2.92. The van der Waals surface area contributed by atoms with Crippen LogP contribution in [0.25, 0.3) is 11.3 Å². The summed E-state index contributed by atoms with van der Waals surface area (Å²) in [5, 5.41) is 26.3. The van der Waals surface area contributed by atoms with Crippen molar-refractivity contribution in [3.05, 3.63) is 34.1 Å². The van der Waals surface area contributed by atoms with Gasteiger partial charge in [-0.15, -0.1) is 12.4 Å². The summed E-state index contributed by atoms with van der Waals surface area (Å²) in [4.78, 5) is 28.3. The number of aromatic amines is 1. The molecule has 0 saturated carbocycles. The Morgan fingerprint density at radius 3 is 2.84 bits per heavy atom. The van der Waals surface area contributed by atoms with Crippen LogP contribution < -0.4 is 25.8 Å². The van der Waals surface area contributed by atoms with Crippen molar-refractivity contribution in [3.8, 4) is 22.8 Å². The van der Waals surface area contributed by atoms with Crippen molar-refractivity contribution in [1.29, 1.82) is 0 Å². The quantitative estimate of drug-likeness (QED) is 0.443. The summed E-state index contributed by atoms with van der Waals surface area (Å²) in [6.07, 6.45) is 1.25. The number of aromatic hydroxyl groups is 1. The first-order valence-electron chi connectivity index (χ1n) is 10.3. The van der Waals surface area contributed by atoms with Crippen molar-refractivity contribution < 1.29 is 19.7 Å². The number of hydrogen-bond acceptors (Lipinski definition) is 7. The van der Waals surface area contributed by atoms with Gasteiger partial charge in [-0.05, 0) is 49.9 Å². The number of nitrogens with one attached hydrogen (secondary N) is 3. The number of benzene rings is 1. The standard InChI is InChI=1S/C21H24N4O5.ClH/c26-18-14-5-7-23-15-8-12(25-9-11-2-1-6-22-16(11)10-25)3-4-13(15)17(14)24-20(27)19(18)30-21(28)29;/h3-4,8,11,16,22-23H,1-2,5-7,9-10H2,(H,28,29)(H2,24,26,27);1H. The van der Waals surface area contributed by atoms with Crippen LogP contribution in [0.4, 0.5) is 16.2 Å². The second-order valence-electron chi connectivity index (χ2n) is 8.13. The molecule has 5 N–H and O–H groups in total. The molecule has 4 heterocycles. The summed E-state index contributed by atoms with van der Waals surface area (Å²) in [6.45, 7) is 3.62. The first-order chi connectivity index (χ1) is 14.5. The lowest BCUT2D eigenvalue weighted by atomic mass is 9.94. The minimum absolute atomic E-state index is 0. The van der Waals surface area contributed by atoms with Crippen LogP contribution >= 0.6 is 12.4 Å². The highest BCUT2D eigenvalue weighted by atomic mass is 35.5. The molecule has 10 heteroatoms. The first kappa shape index (κ1) is 21.3. The minimum Gasteiger partial charge on any atom is -0.504 e. The van der Waals surface area contributed by atoms with E-state index in [4.69, 9.17) is 5.11 Å². The highest BCUT2D eigenvalue weighted by Gasteiger charge is 2.34. The topological polar surface area (TPSA) is 127 Å². The Morgan fingerprint density at radius 1 is 1.23 bits per heavy atom. The third kappa shape index (κ3) is 3.79. The van der Waals surface area contributed by atoms with Gasteiger partial charge in [-0.25, -0.2) is 4.79 Å². The molecule has 2 saturated heterocycles. The zero-order chi connectivity index (χ0) is 20.8. The van der Waals surface area contributed by atoms with Crippen LogP contribution in [0.2, 0.25) is 0 Å². The number of piperidine rings is 1. The average molecular weight is 449 g/mol. The van der Waals surface area contributed by atoms with E-state index in [-0.39, 0.29) is 12.4 Å². The number of H-pyrrole nitrogens is 1. The van der Waals surface area contributed by atoms with E-state index in [1.807, 2.05) is 12.1 Å². The van der Waals surface area contributed by atoms with E-state index < -0.39 is 23.2 Å². The summed E-state index contributed by atoms with van der Waals surface area (Å²) >= 11 is 0. The largest absolute Gasteiger partial charge is 0.511 e. The smallest absolute Gasteiger partial charge is 0.504 e. The van der Waals surface area contributed by atoms with Crippen molar-refractivity contribution in [1.82, 2.24) is 10.3 Å². The summed E-state index contributed by atoms with van der Waals surface area (Å²) < 4.78 is 4.49. The van der Waals surface area contributed by atoms with Gasteiger partial charge >= 0.3 is 6.16 Å². The SMILES string of the molecule is Cl.O=C(O)Oc1c(O)c2c([nH]c1=O)-c1ccc(N3CC4CCCNC4C3)cc1NCC2. The Hall–Kier alpha value is -2.91. The highest BCUT2D eigenvalue weighted by molar-refractivity contribution is 5.85. The lowest BCUT2D eigenvalue weighted by molar-refractivity contribution is 0.142. The molecule has 2 unspecified atom stereocenters. The Kier molecular flexibility index (Phi) is 5.72. The maximum atomic E-state index is 12.4. The van der Waals surface area contributed by atoms with Gasteiger partial charge in [0.15, 0.2) is 5.75 Å². The second-order valence-corrected chi connectivity index (χ2v) is 8.13. The number of nitrogens with zero attached hydrogens (tertiary/aromatic N) is 1. The van der Waals surface area contributed by atoms with Crippen molar-refractivity contribution in [2.24, 2.45) is 5.92 Å². The average Bonchev–Trinajstić information content (AvgIpc) is 3.08. The maximum Gasteiger partial charge on any atom is 0.511 e. The molecule has 0 bridgehead atoms. The third-order valence-corrected chi connectivity index (χ3v) is 6.36. The van der Waals surface area contributed by atoms with Crippen LogP contribution in [0.15, 0.2) is 23.0 Å². The van der Waals surface area contributed by atoms with Crippen molar-refractivity contribution >= 4 is 29.9 Å². The number of carbonyl (C=O) groups is 1. The van der Waals surface area contributed by atoms with Gasteiger partial charge in [0, 0.05) is 48.2 Å².